The average molecular weight is 378 g/mol. The first-order valence-electron chi connectivity index (χ1n) is 8.18. The molecule has 0 aromatic heterocycles. The van der Waals surface area contributed by atoms with Gasteiger partial charge in [0.25, 0.3) is 0 Å². The van der Waals surface area contributed by atoms with Gasteiger partial charge in [-0.2, -0.15) is 4.39 Å². The number of ether oxygens (including phenoxy) is 2. The van der Waals surface area contributed by atoms with Gasteiger partial charge in [-0.1, -0.05) is 0 Å². The van der Waals surface area contributed by atoms with E-state index in [1.807, 2.05) is 0 Å². The van der Waals surface area contributed by atoms with Crippen molar-refractivity contribution in [2.24, 2.45) is 10.7 Å². The van der Waals surface area contributed by atoms with E-state index in [-0.39, 0.29) is 17.0 Å². The van der Waals surface area contributed by atoms with Gasteiger partial charge in [-0.05, 0) is 25.1 Å². The molecule has 9 heteroatoms. The molecule has 0 aliphatic carbocycles. The Balaban J connectivity index is 2.39. The summed E-state index contributed by atoms with van der Waals surface area (Å²) >= 11 is 0. The first-order chi connectivity index (χ1) is 13.0. The zero-order valence-electron chi connectivity index (χ0n) is 14.7. The van der Waals surface area contributed by atoms with Gasteiger partial charge >= 0.3 is 0 Å². The standard InChI is InChI=1S/C18H20F2N4O3/c1-2-23-10-11(9-21)17(25)15(8-16(20)22)24-14-4-3-12(19)7-13(14)18-26-5-6-27-18/h3-4,7-10,18,22,24H,2,5-6,21H2,1H3/b11-9?,15-8-,22-16?,23-10?. The van der Waals surface area contributed by atoms with E-state index < -0.39 is 23.9 Å². The molecule has 1 heterocycles. The summed E-state index contributed by atoms with van der Waals surface area (Å²) in [5.41, 5.74) is 5.77. The Labute approximate surface area is 155 Å². The number of allylic oxidation sites excluding steroid dienone is 2. The summed E-state index contributed by atoms with van der Waals surface area (Å²) in [5.74, 6) is -2.55. The quantitative estimate of drug-likeness (QED) is 0.476. The number of carbonyl (C=O) groups excluding carboxylic acids is 1. The van der Waals surface area contributed by atoms with Crippen LogP contribution >= 0.6 is 0 Å². The number of nitrogens with zero attached hydrogens (tertiary/aromatic N) is 1. The number of rotatable bonds is 8. The number of aliphatic imine (C=N–C) groups is 1. The normalized spacial score (nSPS) is 16.1. The Morgan fingerprint density at radius 1 is 1.44 bits per heavy atom. The number of ketones is 1. The van der Waals surface area contributed by atoms with Crippen molar-refractivity contribution in [1.29, 1.82) is 5.41 Å². The van der Waals surface area contributed by atoms with Crippen molar-refractivity contribution in [3.8, 4) is 0 Å². The highest BCUT2D eigenvalue weighted by atomic mass is 19.1. The van der Waals surface area contributed by atoms with Gasteiger partial charge in [-0.3, -0.25) is 15.2 Å². The van der Waals surface area contributed by atoms with E-state index in [0.717, 1.165) is 6.20 Å². The molecule has 0 saturated carbocycles. The van der Waals surface area contributed by atoms with Crippen molar-refractivity contribution >= 4 is 23.7 Å². The summed E-state index contributed by atoms with van der Waals surface area (Å²) in [6.45, 7) is 2.87. The molecule has 1 saturated heterocycles. The lowest BCUT2D eigenvalue weighted by Gasteiger charge is -2.17. The Morgan fingerprint density at radius 3 is 2.74 bits per heavy atom. The van der Waals surface area contributed by atoms with Crippen LogP contribution in [0.2, 0.25) is 0 Å². The van der Waals surface area contributed by atoms with Crippen LogP contribution in [0.25, 0.3) is 0 Å². The van der Waals surface area contributed by atoms with Crippen LogP contribution in [0.4, 0.5) is 14.5 Å². The lowest BCUT2D eigenvalue weighted by Crippen LogP contribution is -2.18. The van der Waals surface area contributed by atoms with Gasteiger partial charge < -0.3 is 20.5 Å². The van der Waals surface area contributed by atoms with Gasteiger partial charge in [0, 0.05) is 36.3 Å². The van der Waals surface area contributed by atoms with Gasteiger partial charge in [0.1, 0.15) is 5.82 Å². The van der Waals surface area contributed by atoms with Crippen LogP contribution in [0.1, 0.15) is 18.8 Å². The van der Waals surface area contributed by atoms with Crippen LogP contribution in [0.3, 0.4) is 0 Å². The Kier molecular flexibility index (Phi) is 7.33. The van der Waals surface area contributed by atoms with E-state index in [4.69, 9.17) is 20.6 Å². The maximum Gasteiger partial charge on any atom is 0.212 e. The van der Waals surface area contributed by atoms with Crippen molar-refractivity contribution in [1.82, 2.24) is 0 Å². The fourth-order valence-electron chi connectivity index (χ4n) is 2.33. The molecule has 1 fully saturated rings. The second kappa shape index (κ2) is 9.70. The summed E-state index contributed by atoms with van der Waals surface area (Å²) < 4.78 is 37.6. The van der Waals surface area contributed by atoms with E-state index in [9.17, 15) is 13.6 Å². The van der Waals surface area contributed by atoms with E-state index in [1.54, 1.807) is 6.92 Å². The van der Waals surface area contributed by atoms with Crippen LogP contribution in [0.5, 0.6) is 0 Å². The highest BCUT2D eigenvalue weighted by Crippen LogP contribution is 2.31. The molecule has 27 heavy (non-hydrogen) atoms. The fourth-order valence-corrected chi connectivity index (χ4v) is 2.33. The molecule has 144 valence electrons. The van der Waals surface area contributed by atoms with E-state index in [2.05, 4.69) is 10.3 Å². The fraction of sp³-hybridized carbons (Fsp3) is 0.278. The molecule has 0 spiro atoms. The summed E-state index contributed by atoms with van der Waals surface area (Å²) in [7, 11) is 0. The molecule has 0 bridgehead atoms. The van der Waals surface area contributed by atoms with Crippen LogP contribution in [0.15, 0.2) is 46.7 Å². The van der Waals surface area contributed by atoms with Gasteiger partial charge in [-0.25, -0.2) is 4.39 Å². The minimum atomic E-state index is -1.34. The molecule has 0 unspecified atom stereocenters. The second-order valence-electron chi connectivity index (χ2n) is 5.42. The summed E-state index contributed by atoms with van der Waals surface area (Å²) in [5, 5.41) is 9.77. The highest BCUT2D eigenvalue weighted by Gasteiger charge is 2.24. The number of nitrogens with one attached hydrogen (secondary N) is 2. The second-order valence-corrected chi connectivity index (χ2v) is 5.42. The minimum Gasteiger partial charge on any atom is -0.404 e. The third-order valence-electron chi connectivity index (χ3n) is 3.53. The highest BCUT2D eigenvalue weighted by molar-refractivity contribution is 6.23. The van der Waals surface area contributed by atoms with E-state index in [1.165, 1.54) is 24.4 Å². The predicted molar refractivity (Wildman–Crippen MR) is 97.9 cm³/mol. The minimum absolute atomic E-state index is 0.00822. The molecule has 1 aliphatic rings. The summed E-state index contributed by atoms with van der Waals surface area (Å²) in [6, 6.07) is 3.73. The van der Waals surface area contributed by atoms with Gasteiger partial charge in [-0.15, -0.1) is 0 Å². The third kappa shape index (κ3) is 5.53. The zero-order valence-corrected chi connectivity index (χ0v) is 14.7. The van der Waals surface area contributed by atoms with Gasteiger partial charge in [0.15, 0.2) is 6.29 Å². The molecule has 0 radical (unpaired) electrons. The van der Waals surface area contributed by atoms with Crippen LogP contribution in [-0.2, 0) is 14.3 Å². The number of hydrogen-bond donors (Lipinski definition) is 3. The predicted octanol–water partition coefficient (Wildman–Crippen LogP) is 2.62. The molecule has 4 N–H and O–H groups in total. The Morgan fingerprint density at radius 2 is 2.15 bits per heavy atom. The maximum absolute atomic E-state index is 13.7. The first kappa shape index (κ1) is 20.4. The molecule has 7 nitrogen and oxygen atoms in total. The molecule has 0 atom stereocenters. The van der Waals surface area contributed by atoms with Gasteiger partial charge in [0.2, 0.25) is 11.7 Å². The number of anilines is 1. The molecular weight excluding hydrogens is 358 g/mol. The number of carbonyl (C=O) groups is 1. The smallest absolute Gasteiger partial charge is 0.212 e. The average Bonchev–Trinajstić information content (AvgIpc) is 3.17. The number of benzene rings is 1. The van der Waals surface area contributed by atoms with E-state index in [0.29, 0.717) is 31.4 Å². The molecule has 1 aromatic rings. The lowest BCUT2D eigenvalue weighted by molar-refractivity contribution is -0.111. The molecule has 1 aliphatic heterocycles. The third-order valence-corrected chi connectivity index (χ3v) is 3.53. The number of hydrogen-bond acceptors (Lipinski definition) is 7. The largest absolute Gasteiger partial charge is 0.404 e. The Hall–Kier alpha value is -2.91. The van der Waals surface area contributed by atoms with Crippen molar-refractivity contribution in [3.05, 3.63) is 53.1 Å². The molecule has 0 amide bonds. The van der Waals surface area contributed by atoms with Crippen molar-refractivity contribution < 1.29 is 23.0 Å². The van der Waals surface area contributed by atoms with Crippen LogP contribution in [-0.4, -0.2) is 37.7 Å². The van der Waals surface area contributed by atoms with E-state index >= 15 is 0 Å². The van der Waals surface area contributed by atoms with Crippen molar-refractivity contribution in [3.63, 3.8) is 0 Å². The number of nitrogens with two attached hydrogens (primary N) is 1. The Bertz CT molecular complexity index is 800. The van der Waals surface area contributed by atoms with Gasteiger partial charge in [0.05, 0.1) is 24.5 Å². The van der Waals surface area contributed by atoms with Crippen molar-refractivity contribution in [2.45, 2.75) is 13.2 Å². The SMILES string of the molecule is CCN=CC(=CN)C(=O)/C(=C/C(=N)F)Nc1ccc(F)cc1C1OCCO1. The lowest BCUT2D eigenvalue weighted by atomic mass is 10.1. The summed E-state index contributed by atoms with van der Waals surface area (Å²) in [4.78, 5) is 16.6. The summed E-state index contributed by atoms with van der Waals surface area (Å²) in [6.07, 6.45) is 2.17. The maximum atomic E-state index is 13.7. The molecule has 2 rings (SSSR count). The van der Waals surface area contributed by atoms with Crippen LogP contribution < -0.4 is 11.1 Å². The first-order valence-corrected chi connectivity index (χ1v) is 8.18. The zero-order chi connectivity index (χ0) is 19.8. The molecular formula is C18H20F2N4O3. The number of Topliss-reactive ketones (excluding diaryl/α,β-unsaturated/α-hetero) is 1. The molecule has 1 aromatic carbocycles. The van der Waals surface area contributed by atoms with Crippen molar-refractivity contribution in [2.75, 3.05) is 25.1 Å². The monoisotopic (exact) mass is 378 g/mol. The topological polar surface area (TPSA) is 110 Å². The number of halogens is 2. The van der Waals surface area contributed by atoms with Crippen LogP contribution in [0, 0.1) is 11.2 Å².